The van der Waals surface area contributed by atoms with Gasteiger partial charge in [0, 0.05) is 23.3 Å². The maximum absolute atomic E-state index is 12.6. The highest BCUT2D eigenvalue weighted by Crippen LogP contribution is 2.23. The van der Waals surface area contributed by atoms with Gasteiger partial charge in [0.1, 0.15) is 18.4 Å². The first-order valence-electron chi connectivity index (χ1n) is 8.48. The number of imidazole rings is 1. The van der Waals surface area contributed by atoms with E-state index in [-0.39, 0.29) is 40.6 Å². The number of nitro groups is 1. The number of benzene rings is 2. The fourth-order valence-electron chi connectivity index (χ4n) is 2.95. The molecule has 0 atom stereocenters. The molecule has 0 aliphatic carbocycles. The van der Waals surface area contributed by atoms with Crippen LogP contribution >= 0.6 is 0 Å². The Morgan fingerprint density at radius 3 is 2.54 bits per heavy atom. The van der Waals surface area contributed by atoms with Gasteiger partial charge in [-0.1, -0.05) is 24.3 Å². The highest BCUT2D eigenvalue weighted by molar-refractivity contribution is 5.95. The zero-order valence-electron chi connectivity index (χ0n) is 15.8. The highest BCUT2D eigenvalue weighted by atomic mass is 79.9. The van der Waals surface area contributed by atoms with Crippen molar-refractivity contribution in [1.82, 2.24) is 4.57 Å². The Kier molecular flexibility index (Phi) is 6.35. The number of halogens is 1. The minimum Gasteiger partial charge on any atom is -1.00 e. The number of nitrogens with zero attached hydrogens (tertiary/aromatic N) is 3. The summed E-state index contributed by atoms with van der Waals surface area (Å²) in [6.45, 7) is 4.10. The van der Waals surface area contributed by atoms with Gasteiger partial charge in [0.05, 0.1) is 12.0 Å². The summed E-state index contributed by atoms with van der Waals surface area (Å²) >= 11 is 0. The van der Waals surface area contributed by atoms with Gasteiger partial charge in [-0.15, -0.1) is 0 Å². The molecule has 0 unspecified atom stereocenters. The summed E-state index contributed by atoms with van der Waals surface area (Å²) < 4.78 is 3.48. The first-order valence-corrected chi connectivity index (χ1v) is 8.48. The van der Waals surface area contributed by atoms with Crippen LogP contribution < -0.4 is 27.3 Å². The number of anilines is 1. The van der Waals surface area contributed by atoms with E-state index in [0.29, 0.717) is 5.95 Å². The van der Waals surface area contributed by atoms with Gasteiger partial charge in [0.25, 0.3) is 5.69 Å². The van der Waals surface area contributed by atoms with Crippen LogP contribution in [0.15, 0.2) is 48.7 Å². The van der Waals surface area contributed by atoms with Crippen LogP contribution in [0.1, 0.15) is 21.5 Å². The Labute approximate surface area is 173 Å². The third kappa shape index (κ3) is 4.12. The molecule has 1 heterocycles. The second-order valence-electron chi connectivity index (χ2n) is 6.59. The molecule has 0 spiro atoms. The van der Waals surface area contributed by atoms with E-state index in [2.05, 4.69) is 13.0 Å². The molecule has 0 radical (unpaired) electrons. The minimum absolute atomic E-state index is 0. The molecule has 1 aromatic heterocycles. The van der Waals surface area contributed by atoms with Gasteiger partial charge >= 0.3 is 5.95 Å². The number of nitro benzene ring substituents is 1. The SMILES string of the molecule is Cc1ccc(-c2c[n+](CC(=O)c3cccc([N+](=O)[O-])c3)c(N)n2C)cc1C.[Br-]. The number of ketones is 1. The maximum Gasteiger partial charge on any atom is 0.355 e. The van der Waals surface area contributed by atoms with Crippen molar-refractivity contribution in [3.05, 3.63) is 75.5 Å². The number of hydrogen-bond donors (Lipinski definition) is 1. The third-order valence-corrected chi connectivity index (χ3v) is 4.77. The lowest BCUT2D eigenvalue weighted by Gasteiger charge is -2.03. The van der Waals surface area contributed by atoms with Gasteiger partial charge in [0.2, 0.25) is 0 Å². The van der Waals surface area contributed by atoms with Crippen LogP contribution in [-0.2, 0) is 13.6 Å². The molecule has 146 valence electrons. The lowest BCUT2D eigenvalue weighted by molar-refractivity contribution is -0.667. The number of non-ortho nitro benzene ring substituents is 1. The molecule has 3 aromatic rings. The van der Waals surface area contributed by atoms with Crippen molar-refractivity contribution in [3.63, 3.8) is 0 Å². The van der Waals surface area contributed by atoms with Crippen LogP contribution in [0.4, 0.5) is 11.6 Å². The van der Waals surface area contributed by atoms with E-state index in [1.54, 1.807) is 10.6 Å². The van der Waals surface area contributed by atoms with Crippen LogP contribution in [0, 0.1) is 24.0 Å². The Hall–Kier alpha value is -3.00. The van der Waals surface area contributed by atoms with Gasteiger partial charge in [-0.2, -0.15) is 0 Å². The summed E-state index contributed by atoms with van der Waals surface area (Å²) in [5.41, 5.74) is 10.6. The first kappa shape index (κ1) is 21.3. The summed E-state index contributed by atoms with van der Waals surface area (Å²) in [6.07, 6.45) is 1.83. The van der Waals surface area contributed by atoms with Gasteiger partial charge < -0.3 is 17.0 Å². The number of nitrogens with two attached hydrogens (primary N) is 1. The Morgan fingerprint density at radius 2 is 1.89 bits per heavy atom. The lowest BCUT2D eigenvalue weighted by Crippen LogP contribution is -3.00. The van der Waals surface area contributed by atoms with Crippen LogP contribution in [0.5, 0.6) is 0 Å². The minimum atomic E-state index is -0.515. The molecule has 0 bridgehead atoms. The van der Waals surface area contributed by atoms with Crippen LogP contribution in [0.2, 0.25) is 0 Å². The Bertz CT molecular complexity index is 1060. The average Bonchev–Trinajstić information content (AvgIpc) is 2.92. The third-order valence-electron chi connectivity index (χ3n) is 4.77. The number of hydrogen-bond acceptors (Lipinski definition) is 4. The molecule has 0 fully saturated rings. The number of carbonyl (C=O) groups is 1. The fourth-order valence-corrected chi connectivity index (χ4v) is 2.95. The van der Waals surface area contributed by atoms with E-state index < -0.39 is 4.92 Å². The molecule has 0 saturated carbocycles. The maximum atomic E-state index is 12.6. The van der Waals surface area contributed by atoms with Gasteiger partial charge in [0.15, 0.2) is 5.78 Å². The molecular weight excluding hydrogens is 424 g/mol. The molecule has 0 amide bonds. The Morgan fingerprint density at radius 1 is 1.18 bits per heavy atom. The molecule has 8 heteroatoms. The number of Topliss-reactive ketones (excluding diaryl/α,β-unsaturated/α-hetero) is 1. The standard InChI is InChI=1S/C20H20N4O3.BrH/c1-13-7-8-15(9-14(13)2)18-11-23(20(21)22(18)3)12-19(25)16-5-4-6-17(10-16)24(26)27;/h4-11,21H,12H2,1-3H3;1H. The van der Waals surface area contributed by atoms with Gasteiger partial charge in [-0.25, -0.2) is 9.13 Å². The smallest absolute Gasteiger partial charge is 0.355 e. The molecule has 0 aliphatic heterocycles. The van der Waals surface area contributed by atoms with Crippen LogP contribution in [0.25, 0.3) is 11.3 Å². The topological polar surface area (TPSA) is 95.0 Å². The number of rotatable bonds is 5. The summed E-state index contributed by atoms with van der Waals surface area (Å²) in [5, 5.41) is 10.9. The molecule has 0 aliphatic rings. The number of aromatic nitrogens is 2. The van der Waals surface area contributed by atoms with Crippen molar-refractivity contribution in [2.24, 2.45) is 7.05 Å². The Balaban J connectivity index is 0.00000280. The number of aryl methyl sites for hydroxylation is 2. The van der Waals surface area contributed by atoms with Crippen molar-refractivity contribution in [3.8, 4) is 11.3 Å². The van der Waals surface area contributed by atoms with Crippen molar-refractivity contribution in [1.29, 1.82) is 0 Å². The van der Waals surface area contributed by atoms with Gasteiger partial charge in [-0.3, -0.25) is 20.6 Å². The molecular formula is C20H21BrN4O3. The molecule has 28 heavy (non-hydrogen) atoms. The van der Waals surface area contributed by atoms with Crippen LogP contribution in [0.3, 0.4) is 0 Å². The normalized spacial score (nSPS) is 10.4. The summed E-state index contributed by atoms with van der Waals surface area (Å²) in [7, 11) is 1.84. The number of carbonyl (C=O) groups excluding carboxylic acids is 1. The molecule has 3 rings (SSSR count). The molecule has 2 aromatic carbocycles. The van der Waals surface area contributed by atoms with E-state index in [4.69, 9.17) is 5.73 Å². The van der Waals surface area contributed by atoms with Crippen molar-refractivity contribution < 1.29 is 31.3 Å². The zero-order chi connectivity index (χ0) is 19.7. The predicted octanol–water partition coefficient (Wildman–Crippen LogP) is -0.0263. The largest absolute Gasteiger partial charge is 1.00 e. The summed E-state index contributed by atoms with van der Waals surface area (Å²) in [4.78, 5) is 23.0. The van der Waals surface area contributed by atoms with E-state index in [0.717, 1.165) is 11.3 Å². The van der Waals surface area contributed by atoms with E-state index >= 15 is 0 Å². The monoisotopic (exact) mass is 444 g/mol. The lowest BCUT2D eigenvalue weighted by atomic mass is 10.0. The van der Waals surface area contributed by atoms with E-state index in [9.17, 15) is 14.9 Å². The van der Waals surface area contributed by atoms with Crippen molar-refractivity contribution >= 4 is 17.4 Å². The van der Waals surface area contributed by atoms with Crippen molar-refractivity contribution in [2.75, 3.05) is 5.73 Å². The zero-order valence-corrected chi connectivity index (χ0v) is 17.4. The second-order valence-corrected chi connectivity index (χ2v) is 6.59. The van der Waals surface area contributed by atoms with Crippen LogP contribution in [-0.4, -0.2) is 15.3 Å². The average molecular weight is 445 g/mol. The fraction of sp³-hybridized carbons (Fsp3) is 0.200. The summed E-state index contributed by atoms with van der Waals surface area (Å²) in [6, 6.07) is 11.9. The van der Waals surface area contributed by atoms with Crippen molar-refractivity contribution in [2.45, 2.75) is 20.4 Å². The summed E-state index contributed by atoms with van der Waals surface area (Å²) in [5.74, 6) is 0.189. The van der Waals surface area contributed by atoms with E-state index in [1.807, 2.05) is 36.9 Å². The molecule has 0 saturated heterocycles. The molecule has 7 nitrogen and oxygen atoms in total. The predicted molar refractivity (Wildman–Crippen MR) is 102 cm³/mol. The first-order chi connectivity index (χ1) is 12.8. The van der Waals surface area contributed by atoms with E-state index in [1.165, 1.54) is 29.3 Å². The highest BCUT2D eigenvalue weighted by Gasteiger charge is 2.21. The second kappa shape index (κ2) is 8.35. The number of nitrogen functional groups attached to an aromatic ring is 1. The quantitative estimate of drug-likeness (QED) is 0.258. The molecule has 2 N–H and O–H groups in total. The van der Waals surface area contributed by atoms with Gasteiger partial charge in [-0.05, 0) is 31.0 Å².